The van der Waals surface area contributed by atoms with E-state index in [-0.39, 0.29) is 5.91 Å². The van der Waals surface area contributed by atoms with Crippen LogP contribution in [-0.2, 0) is 0 Å². The molecule has 28 heavy (non-hydrogen) atoms. The SMILES string of the molecule is CNC.Cc1[nH]nc2nc(-c3ccc(O)c(F)c3)cc(C(=O)N3CCCC3)c12. The second-order valence-corrected chi connectivity index (χ2v) is 6.77. The molecule has 1 fully saturated rings. The fourth-order valence-corrected chi connectivity index (χ4v) is 3.25. The fraction of sp³-hybridized carbons (Fsp3) is 0.350. The monoisotopic (exact) mass is 385 g/mol. The molecule has 7 nitrogen and oxygen atoms in total. The maximum absolute atomic E-state index is 13.7. The van der Waals surface area contributed by atoms with E-state index in [2.05, 4.69) is 20.5 Å². The number of hydrogen-bond donors (Lipinski definition) is 3. The Hall–Kier alpha value is -3.00. The van der Waals surface area contributed by atoms with Crippen LogP contribution in [0.15, 0.2) is 24.3 Å². The van der Waals surface area contributed by atoms with Crippen molar-refractivity contribution in [2.45, 2.75) is 19.8 Å². The number of rotatable bonds is 2. The highest BCUT2D eigenvalue weighted by Crippen LogP contribution is 2.29. The molecule has 1 aliphatic heterocycles. The van der Waals surface area contributed by atoms with Crippen LogP contribution in [0.4, 0.5) is 4.39 Å². The van der Waals surface area contributed by atoms with Gasteiger partial charge in [-0.05, 0) is 58.1 Å². The summed E-state index contributed by atoms with van der Waals surface area (Å²) in [5, 5.41) is 19.9. The molecular formula is C20H24FN5O2. The minimum absolute atomic E-state index is 0.0603. The lowest BCUT2D eigenvalue weighted by molar-refractivity contribution is 0.0794. The van der Waals surface area contributed by atoms with Gasteiger partial charge in [0.25, 0.3) is 5.91 Å². The van der Waals surface area contributed by atoms with E-state index in [1.54, 1.807) is 12.1 Å². The number of phenols is 1. The quantitative estimate of drug-likeness (QED) is 0.631. The van der Waals surface area contributed by atoms with E-state index in [4.69, 9.17) is 0 Å². The van der Waals surface area contributed by atoms with Gasteiger partial charge in [0.15, 0.2) is 17.2 Å². The van der Waals surface area contributed by atoms with E-state index in [0.29, 0.717) is 27.9 Å². The van der Waals surface area contributed by atoms with Crippen molar-refractivity contribution in [1.29, 1.82) is 0 Å². The molecule has 1 amide bonds. The first-order valence-corrected chi connectivity index (χ1v) is 9.18. The van der Waals surface area contributed by atoms with E-state index in [1.807, 2.05) is 25.9 Å². The summed E-state index contributed by atoms with van der Waals surface area (Å²) in [5.74, 6) is -1.21. The van der Waals surface area contributed by atoms with Gasteiger partial charge < -0.3 is 15.3 Å². The van der Waals surface area contributed by atoms with Gasteiger partial charge in [0, 0.05) is 24.3 Å². The zero-order valence-electron chi connectivity index (χ0n) is 16.2. The molecule has 1 saturated heterocycles. The highest BCUT2D eigenvalue weighted by atomic mass is 19.1. The molecule has 148 valence electrons. The predicted octanol–water partition coefficient (Wildman–Crippen LogP) is 2.85. The van der Waals surface area contributed by atoms with Gasteiger partial charge in [0.05, 0.1) is 16.6 Å². The van der Waals surface area contributed by atoms with Crippen LogP contribution in [-0.4, -0.2) is 58.3 Å². The summed E-state index contributed by atoms with van der Waals surface area (Å²) >= 11 is 0. The molecule has 8 heteroatoms. The molecule has 3 aromatic rings. The van der Waals surface area contributed by atoms with E-state index >= 15 is 0 Å². The van der Waals surface area contributed by atoms with Gasteiger partial charge in [-0.1, -0.05) is 0 Å². The largest absolute Gasteiger partial charge is 0.505 e. The van der Waals surface area contributed by atoms with E-state index < -0.39 is 11.6 Å². The zero-order chi connectivity index (χ0) is 20.3. The molecule has 0 atom stereocenters. The number of likely N-dealkylation sites (tertiary alicyclic amines) is 1. The van der Waals surface area contributed by atoms with Gasteiger partial charge in [0.2, 0.25) is 0 Å². The topological polar surface area (TPSA) is 94.1 Å². The van der Waals surface area contributed by atoms with Crippen LogP contribution in [0.2, 0.25) is 0 Å². The number of H-pyrrole nitrogens is 1. The summed E-state index contributed by atoms with van der Waals surface area (Å²) in [4.78, 5) is 19.2. The molecule has 0 unspecified atom stereocenters. The standard InChI is InChI=1S/C18H17FN4O2.C2H7N/c1-10-16-12(18(25)23-6-2-3-7-23)9-14(20-17(16)22-21-10)11-4-5-15(24)13(19)8-11;1-3-2/h4-5,8-9,24H,2-3,6-7H2,1H3,(H,20,21,22);3H,1-2H3. The smallest absolute Gasteiger partial charge is 0.254 e. The molecule has 1 aliphatic rings. The van der Waals surface area contributed by atoms with Gasteiger partial charge >= 0.3 is 0 Å². The van der Waals surface area contributed by atoms with Gasteiger partial charge in [0.1, 0.15) is 0 Å². The molecule has 0 saturated carbocycles. The molecule has 3 N–H and O–H groups in total. The first-order valence-electron chi connectivity index (χ1n) is 9.18. The summed E-state index contributed by atoms with van der Waals surface area (Å²) in [7, 11) is 3.75. The first-order chi connectivity index (χ1) is 13.5. The Bertz CT molecular complexity index is 996. The third-order valence-electron chi connectivity index (χ3n) is 4.57. The van der Waals surface area contributed by atoms with Crippen LogP contribution in [0, 0.1) is 12.7 Å². The third-order valence-corrected chi connectivity index (χ3v) is 4.57. The molecule has 1 aromatic carbocycles. The van der Waals surface area contributed by atoms with Crippen LogP contribution < -0.4 is 5.32 Å². The third kappa shape index (κ3) is 3.82. The van der Waals surface area contributed by atoms with Crippen molar-refractivity contribution in [1.82, 2.24) is 25.4 Å². The number of hydrogen-bond acceptors (Lipinski definition) is 5. The van der Waals surface area contributed by atoms with Gasteiger partial charge in [-0.3, -0.25) is 9.89 Å². The van der Waals surface area contributed by atoms with Gasteiger partial charge in [-0.2, -0.15) is 5.10 Å². The van der Waals surface area contributed by atoms with Crippen molar-refractivity contribution >= 4 is 16.9 Å². The highest BCUT2D eigenvalue weighted by molar-refractivity contribution is 6.07. The number of nitrogens with zero attached hydrogens (tertiary/aromatic N) is 3. The number of carbonyl (C=O) groups excluding carboxylic acids is 1. The van der Waals surface area contributed by atoms with Crippen molar-refractivity contribution in [3.8, 4) is 17.0 Å². The average molecular weight is 385 g/mol. The number of phenolic OH excluding ortho intramolecular Hbond substituents is 1. The van der Waals surface area contributed by atoms with Crippen LogP contribution in [0.25, 0.3) is 22.3 Å². The maximum atomic E-state index is 13.7. The molecular weight excluding hydrogens is 361 g/mol. The number of aryl methyl sites for hydroxylation is 1. The molecule has 4 rings (SSSR count). The second kappa shape index (κ2) is 8.35. The predicted molar refractivity (Wildman–Crippen MR) is 106 cm³/mol. The van der Waals surface area contributed by atoms with E-state index in [1.165, 1.54) is 12.1 Å². The molecule has 0 bridgehead atoms. The number of fused-ring (bicyclic) bond motifs is 1. The molecule has 3 heterocycles. The van der Waals surface area contributed by atoms with Crippen molar-refractivity contribution in [3.63, 3.8) is 0 Å². The Labute approximate surface area is 162 Å². The number of amides is 1. The Kier molecular flexibility index (Phi) is 5.89. The maximum Gasteiger partial charge on any atom is 0.254 e. The van der Waals surface area contributed by atoms with Crippen LogP contribution in [0.5, 0.6) is 5.75 Å². The Morgan fingerprint density at radius 2 is 1.93 bits per heavy atom. The van der Waals surface area contributed by atoms with Crippen LogP contribution in [0.1, 0.15) is 28.9 Å². The number of aromatic hydroxyl groups is 1. The summed E-state index contributed by atoms with van der Waals surface area (Å²) in [5.41, 5.74) is 2.63. The van der Waals surface area contributed by atoms with Crippen LogP contribution in [0.3, 0.4) is 0 Å². The number of aromatic amines is 1. The molecule has 2 aromatic heterocycles. The zero-order valence-corrected chi connectivity index (χ0v) is 16.2. The normalized spacial score (nSPS) is 13.5. The minimum Gasteiger partial charge on any atom is -0.505 e. The van der Waals surface area contributed by atoms with Crippen molar-refractivity contribution < 1.29 is 14.3 Å². The summed E-state index contributed by atoms with van der Waals surface area (Å²) in [6, 6.07) is 5.72. The van der Waals surface area contributed by atoms with Crippen LogP contribution >= 0.6 is 0 Å². The second-order valence-electron chi connectivity index (χ2n) is 6.77. The molecule has 0 aliphatic carbocycles. The van der Waals surface area contributed by atoms with Gasteiger partial charge in [-0.15, -0.1) is 0 Å². The minimum atomic E-state index is -0.731. The Balaban J connectivity index is 0.000000706. The number of nitrogens with one attached hydrogen (secondary N) is 2. The number of benzene rings is 1. The Morgan fingerprint density at radius 1 is 1.25 bits per heavy atom. The number of aromatic nitrogens is 3. The Morgan fingerprint density at radius 3 is 2.57 bits per heavy atom. The summed E-state index contributed by atoms with van der Waals surface area (Å²) in [6.07, 6.45) is 2.00. The average Bonchev–Trinajstić information content (AvgIpc) is 3.34. The van der Waals surface area contributed by atoms with E-state index in [0.717, 1.165) is 31.6 Å². The summed E-state index contributed by atoms with van der Waals surface area (Å²) in [6.45, 7) is 3.32. The fourth-order valence-electron chi connectivity index (χ4n) is 3.25. The van der Waals surface area contributed by atoms with E-state index in [9.17, 15) is 14.3 Å². The van der Waals surface area contributed by atoms with Crippen molar-refractivity contribution in [2.24, 2.45) is 0 Å². The first kappa shape index (κ1) is 19.8. The van der Waals surface area contributed by atoms with Crippen molar-refractivity contribution in [2.75, 3.05) is 27.2 Å². The van der Waals surface area contributed by atoms with Gasteiger partial charge in [-0.25, -0.2) is 9.37 Å². The van der Waals surface area contributed by atoms with Crippen molar-refractivity contribution in [3.05, 3.63) is 41.3 Å². The number of halogens is 1. The lowest BCUT2D eigenvalue weighted by atomic mass is 10.0. The number of carbonyl (C=O) groups is 1. The lowest BCUT2D eigenvalue weighted by Gasteiger charge is -2.16. The number of pyridine rings is 1. The lowest BCUT2D eigenvalue weighted by Crippen LogP contribution is -2.28. The highest BCUT2D eigenvalue weighted by Gasteiger charge is 2.24. The summed E-state index contributed by atoms with van der Waals surface area (Å²) < 4.78 is 13.7. The molecule has 0 spiro atoms. The molecule has 0 radical (unpaired) electrons.